The van der Waals surface area contributed by atoms with E-state index < -0.39 is 0 Å². The van der Waals surface area contributed by atoms with Crippen molar-refractivity contribution in [1.29, 1.82) is 0 Å². The monoisotopic (exact) mass is 403 g/mol. The van der Waals surface area contributed by atoms with Crippen LogP contribution in [0.3, 0.4) is 0 Å². The van der Waals surface area contributed by atoms with E-state index in [1.807, 2.05) is 48.5 Å². The van der Waals surface area contributed by atoms with Gasteiger partial charge in [-0.05, 0) is 78.9 Å². The molecule has 0 aliphatic carbocycles. The van der Waals surface area contributed by atoms with Crippen LogP contribution in [0.25, 0.3) is 0 Å². The van der Waals surface area contributed by atoms with E-state index in [0.717, 1.165) is 55.8 Å². The summed E-state index contributed by atoms with van der Waals surface area (Å²) in [6, 6.07) is 22.5. The highest BCUT2D eigenvalue weighted by Crippen LogP contribution is 2.24. The maximum absolute atomic E-state index is 6.19. The van der Waals surface area contributed by atoms with E-state index >= 15 is 0 Å². The van der Waals surface area contributed by atoms with Gasteiger partial charge in [0.25, 0.3) is 0 Å². The summed E-state index contributed by atoms with van der Waals surface area (Å²) in [4.78, 5) is 0. The molecule has 0 aromatic heterocycles. The second-order valence-corrected chi connectivity index (χ2v) is 7.67. The van der Waals surface area contributed by atoms with Crippen molar-refractivity contribution >= 4 is 11.4 Å². The van der Waals surface area contributed by atoms with E-state index in [1.165, 1.54) is 16.7 Å². The Morgan fingerprint density at radius 3 is 2.33 bits per heavy atom. The smallest absolute Gasteiger partial charge is 0.142 e. The molecule has 0 heterocycles. The lowest BCUT2D eigenvalue weighted by atomic mass is 10.00. The fourth-order valence-corrected chi connectivity index (χ4v) is 3.59. The SMILES string of the molecule is CCCc1cc(N)ccc1CCNCCc1ccc(OCc2ccccc2)c(N)c1. The average molecular weight is 404 g/mol. The summed E-state index contributed by atoms with van der Waals surface area (Å²) in [5.41, 5.74) is 18.8. The number of anilines is 2. The maximum atomic E-state index is 6.19. The van der Waals surface area contributed by atoms with E-state index in [4.69, 9.17) is 16.2 Å². The lowest BCUT2D eigenvalue weighted by molar-refractivity contribution is 0.308. The van der Waals surface area contributed by atoms with Gasteiger partial charge in [0.05, 0.1) is 5.69 Å². The van der Waals surface area contributed by atoms with E-state index in [0.29, 0.717) is 12.3 Å². The summed E-state index contributed by atoms with van der Waals surface area (Å²) >= 11 is 0. The van der Waals surface area contributed by atoms with Crippen LogP contribution in [0.1, 0.15) is 35.6 Å². The quantitative estimate of drug-likeness (QED) is 0.319. The van der Waals surface area contributed by atoms with Crippen molar-refractivity contribution in [3.8, 4) is 5.75 Å². The summed E-state index contributed by atoms with van der Waals surface area (Å²) in [6.07, 6.45) is 4.17. The highest BCUT2D eigenvalue weighted by atomic mass is 16.5. The molecule has 30 heavy (non-hydrogen) atoms. The van der Waals surface area contributed by atoms with Crippen LogP contribution in [0.5, 0.6) is 5.75 Å². The van der Waals surface area contributed by atoms with Crippen molar-refractivity contribution in [2.45, 2.75) is 39.2 Å². The summed E-state index contributed by atoms with van der Waals surface area (Å²) < 4.78 is 5.86. The molecule has 0 saturated heterocycles. The molecule has 0 unspecified atom stereocenters. The molecule has 0 amide bonds. The van der Waals surface area contributed by atoms with Crippen LogP contribution in [-0.4, -0.2) is 13.1 Å². The van der Waals surface area contributed by atoms with E-state index in [2.05, 4.69) is 30.4 Å². The van der Waals surface area contributed by atoms with Gasteiger partial charge in [0.15, 0.2) is 0 Å². The van der Waals surface area contributed by atoms with E-state index in [1.54, 1.807) is 0 Å². The van der Waals surface area contributed by atoms with Crippen LogP contribution in [0, 0.1) is 0 Å². The predicted octanol–water partition coefficient (Wildman–Crippen LogP) is 4.76. The molecule has 3 aromatic carbocycles. The van der Waals surface area contributed by atoms with Gasteiger partial charge >= 0.3 is 0 Å². The first-order valence-corrected chi connectivity index (χ1v) is 10.8. The molecule has 0 spiro atoms. The highest BCUT2D eigenvalue weighted by molar-refractivity contribution is 5.54. The number of aryl methyl sites for hydroxylation is 1. The summed E-state index contributed by atoms with van der Waals surface area (Å²) in [6.45, 7) is 4.60. The number of nitrogens with two attached hydrogens (primary N) is 2. The molecule has 0 aliphatic rings. The van der Waals surface area contributed by atoms with Crippen LogP contribution >= 0.6 is 0 Å². The van der Waals surface area contributed by atoms with Crippen LogP contribution in [0.4, 0.5) is 11.4 Å². The minimum absolute atomic E-state index is 0.525. The second-order valence-electron chi connectivity index (χ2n) is 7.67. The Morgan fingerprint density at radius 1 is 0.767 bits per heavy atom. The zero-order chi connectivity index (χ0) is 21.2. The van der Waals surface area contributed by atoms with Gasteiger partial charge in [0, 0.05) is 5.69 Å². The van der Waals surface area contributed by atoms with Gasteiger partial charge < -0.3 is 21.5 Å². The molecule has 0 bridgehead atoms. The minimum atomic E-state index is 0.525. The molecule has 0 aliphatic heterocycles. The number of hydrogen-bond acceptors (Lipinski definition) is 4. The summed E-state index contributed by atoms with van der Waals surface area (Å²) in [7, 11) is 0. The Morgan fingerprint density at radius 2 is 1.57 bits per heavy atom. The Bertz CT molecular complexity index is 925. The molecule has 0 fully saturated rings. The molecule has 0 saturated carbocycles. The highest BCUT2D eigenvalue weighted by Gasteiger charge is 2.05. The molecule has 0 radical (unpaired) electrons. The molecule has 0 atom stereocenters. The molecular weight excluding hydrogens is 370 g/mol. The van der Waals surface area contributed by atoms with Crippen molar-refractivity contribution in [2.24, 2.45) is 0 Å². The van der Waals surface area contributed by atoms with E-state index in [-0.39, 0.29) is 0 Å². The zero-order valence-corrected chi connectivity index (χ0v) is 17.9. The van der Waals surface area contributed by atoms with Gasteiger partial charge in [0.2, 0.25) is 0 Å². The molecular formula is C26H33N3O. The number of ether oxygens (including phenoxy) is 1. The Kier molecular flexibility index (Phi) is 8.16. The zero-order valence-electron chi connectivity index (χ0n) is 17.9. The van der Waals surface area contributed by atoms with Crippen molar-refractivity contribution in [2.75, 3.05) is 24.6 Å². The molecule has 4 nitrogen and oxygen atoms in total. The Hall–Kier alpha value is -2.98. The standard InChI is InChI=1S/C26H33N3O/c1-2-6-23-18-24(27)11-10-22(23)14-16-29-15-13-20-9-12-26(25(28)17-20)30-19-21-7-4-3-5-8-21/h3-5,7-12,17-18,29H,2,6,13-16,19,27-28H2,1H3. The van der Waals surface area contributed by atoms with Crippen molar-refractivity contribution in [3.63, 3.8) is 0 Å². The number of nitrogen functional groups attached to an aromatic ring is 2. The van der Waals surface area contributed by atoms with Crippen LogP contribution < -0.4 is 21.5 Å². The second kappa shape index (κ2) is 11.3. The number of nitrogens with one attached hydrogen (secondary N) is 1. The van der Waals surface area contributed by atoms with Gasteiger partial charge in [-0.1, -0.05) is 55.8 Å². The number of benzene rings is 3. The predicted molar refractivity (Wildman–Crippen MR) is 127 cm³/mol. The minimum Gasteiger partial charge on any atom is -0.487 e. The molecule has 5 N–H and O–H groups in total. The molecule has 158 valence electrons. The third-order valence-corrected chi connectivity index (χ3v) is 5.22. The largest absolute Gasteiger partial charge is 0.487 e. The van der Waals surface area contributed by atoms with Gasteiger partial charge in [-0.2, -0.15) is 0 Å². The van der Waals surface area contributed by atoms with Gasteiger partial charge in [0.1, 0.15) is 12.4 Å². The lowest BCUT2D eigenvalue weighted by Gasteiger charge is -2.12. The van der Waals surface area contributed by atoms with Crippen LogP contribution in [0.15, 0.2) is 66.7 Å². The fourth-order valence-electron chi connectivity index (χ4n) is 3.59. The van der Waals surface area contributed by atoms with Gasteiger partial charge in [-0.25, -0.2) is 0 Å². The first-order valence-electron chi connectivity index (χ1n) is 10.8. The Labute approximate surface area is 180 Å². The normalized spacial score (nSPS) is 10.8. The lowest BCUT2D eigenvalue weighted by Crippen LogP contribution is -2.20. The molecule has 3 rings (SSSR count). The number of rotatable bonds is 11. The summed E-state index contributed by atoms with van der Waals surface area (Å²) in [5, 5.41) is 3.54. The average Bonchev–Trinajstić information content (AvgIpc) is 2.75. The maximum Gasteiger partial charge on any atom is 0.142 e. The number of hydrogen-bond donors (Lipinski definition) is 3. The van der Waals surface area contributed by atoms with E-state index in [9.17, 15) is 0 Å². The molecule has 3 aromatic rings. The topological polar surface area (TPSA) is 73.3 Å². The van der Waals surface area contributed by atoms with Gasteiger partial charge in [-0.15, -0.1) is 0 Å². The van der Waals surface area contributed by atoms with Crippen molar-refractivity contribution in [3.05, 3.63) is 89.0 Å². The first-order chi connectivity index (χ1) is 14.7. The first kappa shape index (κ1) is 21.7. The van der Waals surface area contributed by atoms with Gasteiger partial charge in [-0.3, -0.25) is 0 Å². The Balaban J connectivity index is 1.42. The summed E-state index contributed by atoms with van der Waals surface area (Å²) in [5.74, 6) is 0.738. The van der Waals surface area contributed by atoms with Crippen LogP contribution in [-0.2, 0) is 25.9 Å². The fraction of sp³-hybridized carbons (Fsp3) is 0.308. The van der Waals surface area contributed by atoms with Crippen molar-refractivity contribution < 1.29 is 4.74 Å². The third kappa shape index (κ3) is 6.53. The molecule has 4 heteroatoms. The van der Waals surface area contributed by atoms with Crippen LogP contribution in [0.2, 0.25) is 0 Å². The van der Waals surface area contributed by atoms with Crippen molar-refractivity contribution in [1.82, 2.24) is 5.32 Å². The third-order valence-electron chi connectivity index (χ3n) is 5.22.